The van der Waals surface area contributed by atoms with Crippen molar-refractivity contribution in [3.8, 4) is 33.3 Å². The minimum atomic E-state index is -2.68. The molecule has 1 aromatic carbocycles. The van der Waals surface area contributed by atoms with E-state index in [0.29, 0.717) is 63.7 Å². The number of halogens is 3. The zero-order valence-corrected chi connectivity index (χ0v) is 26.6. The molecule has 0 radical (unpaired) electrons. The second-order valence-electron chi connectivity index (χ2n) is 11.4. The Hall–Kier alpha value is -3.93. The number of hydrogen-bond donors (Lipinski definition) is 1. The standard InChI is InChI=1S/C33H32ClF2N5O3S/c1-4-44-22-8-9-25(34)29(12-22)41-28(11-18(2)3)23(32(42)40-15-20-6-7-21(16-40)38-20)13-24(33(41)43)31-39-27(17-45-31)19-5-10-26(30(35)36)37-14-19/h5,8-14,17,20-21,30,38H,4,6-7,15-16H2,1-3H3/t20-,21+. The molecule has 8 nitrogen and oxygen atoms in total. The zero-order valence-electron chi connectivity index (χ0n) is 25.0. The molecule has 2 saturated heterocycles. The number of rotatable bonds is 8. The number of carbonyl (C=O) groups is 1. The van der Waals surface area contributed by atoms with Crippen LogP contribution in [0.25, 0.3) is 33.6 Å². The average Bonchev–Trinajstić information content (AvgIpc) is 3.64. The van der Waals surface area contributed by atoms with Crippen molar-refractivity contribution in [1.29, 1.82) is 0 Å². The van der Waals surface area contributed by atoms with Crippen LogP contribution in [0.5, 0.6) is 5.75 Å². The fourth-order valence-corrected chi connectivity index (χ4v) is 6.92. The highest BCUT2D eigenvalue weighted by atomic mass is 35.5. The van der Waals surface area contributed by atoms with Gasteiger partial charge in [0.25, 0.3) is 17.9 Å². The predicted octanol–water partition coefficient (Wildman–Crippen LogP) is 7.01. The number of allylic oxidation sites excluding steroid dienone is 1. The van der Waals surface area contributed by atoms with E-state index in [9.17, 15) is 18.4 Å². The maximum atomic E-state index is 14.5. The van der Waals surface area contributed by atoms with Crippen molar-refractivity contribution in [2.75, 3.05) is 19.7 Å². The number of aromatic nitrogens is 3. The van der Waals surface area contributed by atoms with E-state index in [0.717, 1.165) is 18.4 Å². The van der Waals surface area contributed by atoms with E-state index in [-0.39, 0.29) is 29.2 Å². The minimum absolute atomic E-state index is 0.184. The zero-order chi connectivity index (χ0) is 31.8. The molecule has 2 fully saturated rings. The smallest absolute Gasteiger partial charge is 0.280 e. The van der Waals surface area contributed by atoms with Crippen LogP contribution in [0.2, 0.25) is 5.02 Å². The van der Waals surface area contributed by atoms with Crippen LogP contribution >= 0.6 is 22.9 Å². The number of likely N-dealkylation sites (tertiary alicyclic amines) is 1. The number of alkyl halides is 2. The van der Waals surface area contributed by atoms with Gasteiger partial charge in [0.2, 0.25) is 0 Å². The van der Waals surface area contributed by atoms with E-state index in [4.69, 9.17) is 21.3 Å². The van der Waals surface area contributed by atoms with Gasteiger partial charge in [-0.15, -0.1) is 11.3 Å². The Balaban J connectivity index is 1.55. The van der Waals surface area contributed by atoms with Crippen molar-refractivity contribution in [3.63, 3.8) is 0 Å². The van der Waals surface area contributed by atoms with Crippen LogP contribution in [0.1, 0.15) is 61.8 Å². The molecule has 2 bridgehead atoms. The molecule has 0 unspecified atom stereocenters. The van der Waals surface area contributed by atoms with Crippen molar-refractivity contribution in [1.82, 2.24) is 24.8 Å². The van der Waals surface area contributed by atoms with E-state index < -0.39 is 12.0 Å². The quantitative estimate of drug-likeness (QED) is 0.220. The Labute approximate surface area is 268 Å². The lowest BCUT2D eigenvalue weighted by Gasteiger charge is -2.33. The number of fused-ring (bicyclic) bond motifs is 2. The van der Waals surface area contributed by atoms with Crippen molar-refractivity contribution in [3.05, 3.63) is 85.9 Å². The Morgan fingerprint density at radius 3 is 2.58 bits per heavy atom. The number of benzene rings is 1. The first kappa shape index (κ1) is 31.1. The molecule has 0 saturated carbocycles. The summed E-state index contributed by atoms with van der Waals surface area (Å²) in [5.74, 6) is 0.344. The Morgan fingerprint density at radius 1 is 1.18 bits per heavy atom. The minimum Gasteiger partial charge on any atom is -0.494 e. The van der Waals surface area contributed by atoms with Gasteiger partial charge < -0.3 is 15.0 Å². The molecule has 0 aliphatic carbocycles. The van der Waals surface area contributed by atoms with E-state index in [1.54, 1.807) is 29.6 Å². The summed E-state index contributed by atoms with van der Waals surface area (Å²) in [6, 6.07) is 9.96. The van der Waals surface area contributed by atoms with Gasteiger partial charge in [-0.3, -0.25) is 19.1 Å². The van der Waals surface area contributed by atoms with Gasteiger partial charge in [-0.05, 0) is 70.0 Å². The molecule has 4 aromatic rings. The third kappa shape index (κ3) is 6.29. The Kier molecular flexibility index (Phi) is 8.85. The summed E-state index contributed by atoms with van der Waals surface area (Å²) >= 11 is 7.96. The summed E-state index contributed by atoms with van der Waals surface area (Å²) in [4.78, 5) is 39.3. The fraction of sp³-hybridized carbons (Fsp3) is 0.333. The number of nitrogens with one attached hydrogen (secondary N) is 1. The van der Waals surface area contributed by atoms with Gasteiger partial charge in [0, 0.05) is 48.4 Å². The number of thiazole rings is 1. The second-order valence-corrected chi connectivity index (χ2v) is 12.7. The highest BCUT2D eigenvalue weighted by molar-refractivity contribution is 7.13. The van der Waals surface area contributed by atoms with Crippen LogP contribution in [-0.4, -0.2) is 57.1 Å². The SMILES string of the molecule is CCOc1ccc(Cl)c(-n2c(C=C(C)C)c(C(=O)N3C[C@H]4CC[C@@H](C3)N4)cc(-c3nc(-c4ccc(C(F)F)nc4)cs3)c2=O)c1. The van der Waals surface area contributed by atoms with Gasteiger partial charge in [-0.25, -0.2) is 13.8 Å². The van der Waals surface area contributed by atoms with E-state index in [2.05, 4.69) is 10.3 Å². The monoisotopic (exact) mass is 651 g/mol. The molecule has 12 heteroatoms. The molecule has 6 rings (SSSR count). The van der Waals surface area contributed by atoms with Crippen LogP contribution in [0, 0.1) is 0 Å². The van der Waals surface area contributed by atoms with Crippen molar-refractivity contribution >= 4 is 34.9 Å². The van der Waals surface area contributed by atoms with Gasteiger partial charge >= 0.3 is 0 Å². The van der Waals surface area contributed by atoms with Gasteiger partial charge in [-0.1, -0.05) is 17.2 Å². The Bertz CT molecular complexity index is 1820. The molecular weight excluding hydrogens is 620 g/mol. The number of hydrogen-bond acceptors (Lipinski definition) is 7. The van der Waals surface area contributed by atoms with Crippen LogP contribution in [-0.2, 0) is 0 Å². The third-order valence-corrected chi connectivity index (χ3v) is 9.10. The molecule has 234 valence electrons. The van der Waals surface area contributed by atoms with Crippen LogP contribution in [0.4, 0.5) is 8.78 Å². The van der Waals surface area contributed by atoms with Crippen molar-refractivity contribution in [2.45, 2.75) is 52.1 Å². The van der Waals surface area contributed by atoms with Gasteiger partial charge in [0.1, 0.15) is 16.5 Å². The summed E-state index contributed by atoms with van der Waals surface area (Å²) in [6.07, 6.45) is 2.49. The summed E-state index contributed by atoms with van der Waals surface area (Å²) in [6.45, 7) is 7.23. The number of carbonyl (C=O) groups excluding carboxylic acids is 1. The van der Waals surface area contributed by atoms with Gasteiger partial charge in [0.15, 0.2) is 0 Å². The Morgan fingerprint density at radius 2 is 1.93 bits per heavy atom. The maximum absolute atomic E-state index is 14.5. The molecule has 2 atom stereocenters. The molecule has 45 heavy (non-hydrogen) atoms. The van der Waals surface area contributed by atoms with E-state index in [1.807, 2.05) is 31.7 Å². The number of ether oxygens (including phenoxy) is 1. The van der Waals surface area contributed by atoms with Gasteiger partial charge in [0.05, 0.1) is 39.8 Å². The normalized spacial score (nSPS) is 17.5. The number of piperazine rings is 1. The predicted molar refractivity (Wildman–Crippen MR) is 173 cm³/mol. The molecular formula is C33H32ClF2N5O3S. The average molecular weight is 652 g/mol. The lowest BCUT2D eigenvalue weighted by molar-refractivity contribution is 0.0696. The first-order valence-corrected chi connectivity index (χ1v) is 16.0. The lowest BCUT2D eigenvalue weighted by Crippen LogP contribution is -2.53. The number of amides is 1. The first-order valence-electron chi connectivity index (χ1n) is 14.8. The summed E-state index contributed by atoms with van der Waals surface area (Å²) in [5, 5.41) is 5.98. The molecule has 2 aliphatic heterocycles. The van der Waals surface area contributed by atoms with Crippen molar-refractivity contribution in [2.24, 2.45) is 0 Å². The third-order valence-electron chi connectivity index (χ3n) is 7.91. The molecule has 1 amide bonds. The van der Waals surface area contributed by atoms with Crippen LogP contribution in [0.15, 0.2) is 58.3 Å². The van der Waals surface area contributed by atoms with Crippen LogP contribution in [0.3, 0.4) is 0 Å². The molecule has 0 spiro atoms. The summed E-state index contributed by atoms with van der Waals surface area (Å²) < 4.78 is 33.4. The summed E-state index contributed by atoms with van der Waals surface area (Å²) in [7, 11) is 0. The molecule has 3 aromatic heterocycles. The van der Waals surface area contributed by atoms with E-state index >= 15 is 0 Å². The maximum Gasteiger partial charge on any atom is 0.280 e. The molecule has 5 heterocycles. The van der Waals surface area contributed by atoms with Gasteiger partial charge in [-0.2, -0.15) is 0 Å². The topological polar surface area (TPSA) is 89.3 Å². The summed E-state index contributed by atoms with van der Waals surface area (Å²) in [5.41, 5.74) is 2.51. The number of nitrogens with zero attached hydrogens (tertiary/aromatic N) is 4. The van der Waals surface area contributed by atoms with Crippen LogP contribution < -0.4 is 15.6 Å². The highest BCUT2D eigenvalue weighted by Crippen LogP contribution is 2.33. The molecule has 1 N–H and O–H groups in total. The van der Waals surface area contributed by atoms with E-state index in [1.165, 1.54) is 34.2 Å². The fourth-order valence-electron chi connectivity index (χ4n) is 5.88. The lowest BCUT2D eigenvalue weighted by atomic mass is 10.0. The highest BCUT2D eigenvalue weighted by Gasteiger charge is 2.36. The first-order chi connectivity index (χ1) is 21.6. The second kappa shape index (κ2) is 12.8. The molecule has 2 aliphatic rings. The van der Waals surface area contributed by atoms with Crippen molar-refractivity contribution < 1.29 is 18.3 Å². The largest absolute Gasteiger partial charge is 0.494 e. The number of pyridine rings is 2.